The van der Waals surface area contributed by atoms with Crippen molar-refractivity contribution in [1.82, 2.24) is 13.7 Å². The molecule has 322 valence electrons. The van der Waals surface area contributed by atoms with Gasteiger partial charge in [-0.15, -0.1) is 11.3 Å². The summed E-state index contributed by atoms with van der Waals surface area (Å²) in [6, 6.07) is 80.9. The van der Waals surface area contributed by atoms with Crippen molar-refractivity contribution in [1.29, 1.82) is 10.5 Å². The molecule has 0 spiro atoms. The minimum Gasteiger partial charge on any atom is -0.307 e. The summed E-state index contributed by atoms with van der Waals surface area (Å²) >= 11 is 1.78. The summed E-state index contributed by atoms with van der Waals surface area (Å²) in [4.78, 5) is 0. The molecule has 0 bridgehead atoms. The van der Waals surface area contributed by atoms with E-state index in [0.717, 1.165) is 103 Å². The molecule has 0 saturated heterocycles. The first kappa shape index (κ1) is 38.6. The number of hydrogen-bond donors (Lipinski definition) is 0. The quantitative estimate of drug-likeness (QED) is 0.177. The largest absolute Gasteiger partial charge is 0.307 e. The van der Waals surface area contributed by atoms with Crippen LogP contribution in [0.25, 0.3) is 135 Å². The fourth-order valence-corrected chi connectivity index (χ4v) is 12.8. The molecule has 0 atom stereocenters. The van der Waals surface area contributed by atoms with Crippen molar-refractivity contribution < 1.29 is 0 Å². The van der Waals surface area contributed by atoms with Gasteiger partial charge in [0, 0.05) is 58.1 Å². The van der Waals surface area contributed by atoms with E-state index in [1.165, 1.54) is 14.8 Å². The zero-order valence-corrected chi connectivity index (χ0v) is 38.2. The van der Waals surface area contributed by atoms with E-state index in [-0.39, 0.29) is 0 Å². The van der Waals surface area contributed by atoms with Crippen LogP contribution in [-0.2, 0) is 0 Å². The maximum atomic E-state index is 12.4. The Kier molecular flexibility index (Phi) is 8.01. The molecule has 0 amide bonds. The van der Waals surface area contributed by atoms with Crippen molar-refractivity contribution in [3.63, 3.8) is 0 Å². The van der Waals surface area contributed by atoms with Crippen LogP contribution < -0.4 is 0 Å². The van der Waals surface area contributed by atoms with Gasteiger partial charge in [-0.3, -0.25) is 0 Å². The molecule has 6 heteroatoms. The minimum absolute atomic E-state index is 0.401. The molecule has 0 aliphatic heterocycles. The number of rotatable bonds is 4. The topological polar surface area (TPSA) is 62.4 Å². The summed E-state index contributed by atoms with van der Waals surface area (Å²) < 4.78 is 9.21. The lowest BCUT2D eigenvalue weighted by Crippen LogP contribution is -2.14. The summed E-state index contributed by atoms with van der Waals surface area (Å²) in [5.41, 5.74) is 10.1. The number of para-hydroxylation sites is 4. The molecule has 70 heavy (non-hydrogen) atoms. The van der Waals surface area contributed by atoms with E-state index in [2.05, 4.69) is 238 Å². The van der Waals surface area contributed by atoms with Crippen molar-refractivity contribution in [2.24, 2.45) is 0 Å². The number of aromatic nitrogens is 3. The van der Waals surface area contributed by atoms with E-state index in [1.54, 1.807) is 11.3 Å². The van der Waals surface area contributed by atoms with Gasteiger partial charge in [-0.05, 0) is 93.8 Å². The van der Waals surface area contributed by atoms with Crippen LogP contribution in [0.4, 0.5) is 0 Å². The third-order valence-electron chi connectivity index (χ3n) is 14.6. The molecule has 4 aromatic heterocycles. The van der Waals surface area contributed by atoms with Crippen molar-refractivity contribution in [3.8, 4) is 40.3 Å². The Labute approximate surface area is 404 Å². The number of nitriles is 2. The van der Waals surface area contributed by atoms with Crippen LogP contribution in [0.5, 0.6) is 0 Å². The van der Waals surface area contributed by atoms with Crippen molar-refractivity contribution in [2.45, 2.75) is 0 Å². The van der Waals surface area contributed by atoms with Crippen LogP contribution in [0, 0.1) is 22.7 Å². The van der Waals surface area contributed by atoms with Gasteiger partial charge in [-0.1, -0.05) is 146 Å². The number of benzene rings is 11. The van der Waals surface area contributed by atoms with Gasteiger partial charge < -0.3 is 13.7 Å². The van der Waals surface area contributed by atoms with Crippen LogP contribution >= 0.6 is 11.3 Å². The Morgan fingerprint density at radius 3 is 1.13 bits per heavy atom. The molecular weight excluding hydrogens is 871 g/mol. The lowest BCUT2D eigenvalue weighted by atomic mass is 9.91. The lowest BCUT2D eigenvalue weighted by molar-refractivity contribution is 1.08. The van der Waals surface area contributed by atoms with Gasteiger partial charge in [-0.25, -0.2) is 0 Å². The maximum absolute atomic E-state index is 12.4. The predicted octanol–water partition coefficient (Wildman–Crippen LogP) is 17.1. The molecule has 0 radical (unpaired) electrons. The van der Waals surface area contributed by atoms with E-state index >= 15 is 0 Å². The normalized spacial score (nSPS) is 12.0. The molecule has 0 saturated carbocycles. The Morgan fingerprint density at radius 2 is 0.671 bits per heavy atom. The van der Waals surface area contributed by atoms with Crippen LogP contribution in [0.2, 0.25) is 0 Å². The van der Waals surface area contributed by atoms with Gasteiger partial charge in [0.25, 0.3) is 0 Å². The van der Waals surface area contributed by atoms with Crippen LogP contribution in [0.3, 0.4) is 0 Å². The summed E-state index contributed by atoms with van der Waals surface area (Å²) in [6.45, 7) is 0. The first-order valence-corrected chi connectivity index (χ1v) is 24.3. The van der Waals surface area contributed by atoms with Gasteiger partial charge in [0.05, 0.1) is 50.2 Å². The second-order valence-corrected chi connectivity index (χ2v) is 19.3. The number of thiophene rings is 1. The molecule has 0 aliphatic carbocycles. The molecular formula is C64H35N5S. The van der Waals surface area contributed by atoms with Gasteiger partial charge in [0.1, 0.15) is 23.3 Å². The zero-order valence-electron chi connectivity index (χ0n) is 37.4. The molecule has 0 aliphatic rings. The average molecular weight is 906 g/mol. The minimum atomic E-state index is 0.401. The Hall–Kier alpha value is -9.46. The summed E-state index contributed by atoms with van der Waals surface area (Å²) in [5.74, 6) is 0. The third kappa shape index (κ3) is 5.23. The zero-order chi connectivity index (χ0) is 46.2. The molecule has 0 fully saturated rings. The standard InChI is InChI=1S/C64H35N5S/c65-36-51-62(69-57-34-40-17-3-1-15-38(40)31-48(57)49-32-39-16-2-4-18-41(39)35-58(49)69)52(37-66)64(68-55-26-12-7-21-45(55)46-22-8-13-27-56(46)68)61(42-29-30-60-50(33-42)47-23-9-14-28-59(47)70-60)63(51)67-53-24-10-5-19-43(53)44-20-6-11-25-54(44)67/h1-35H. The molecule has 4 heterocycles. The highest BCUT2D eigenvalue weighted by atomic mass is 32.1. The Bertz CT molecular complexity index is 4520. The van der Waals surface area contributed by atoms with Crippen molar-refractivity contribution in [3.05, 3.63) is 223 Å². The monoisotopic (exact) mass is 905 g/mol. The first-order valence-electron chi connectivity index (χ1n) is 23.5. The molecule has 15 aromatic rings. The smallest absolute Gasteiger partial charge is 0.104 e. The van der Waals surface area contributed by atoms with Gasteiger partial charge >= 0.3 is 0 Å². The molecule has 5 nitrogen and oxygen atoms in total. The second-order valence-electron chi connectivity index (χ2n) is 18.2. The highest BCUT2D eigenvalue weighted by Crippen LogP contribution is 2.50. The molecule has 15 rings (SSSR count). The number of hydrogen-bond acceptors (Lipinski definition) is 3. The number of fused-ring (bicyclic) bond motifs is 14. The highest BCUT2D eigenvalue weighted by molar-refractivity contribution is 7.25. The molecule has 11 aromatic carbocycles. The second kappa shape index (κ2) is 14.5. The predicted molar refractivity (Wildman–Crippen MR) is 292 cm³/mol. The van der Waals surface area contributed by atoms with Crippen LogP contribution in [-0.4, -0.2) is 13.7 Å². The molecule has 0 unspecified atom stereocenters. The van der Waals surface area contributed by atoms with E-state index in [9.17, 15) is 10.5 Å². The molecule has 0 N–H and O–H groups in total. The van der Waals surface area contributed by atoms with E-state index < -0.39 is 0 Å². The summed E-state index contributed by atoms with van der Waals surface area (Å²) in [6.07, 6.45) is 0. The van der Waals surface area contributed by atoms with Gasteiger partial charge in [0.15, 0.2) is 0 Å². The summed E-state index contributed by atoms with van der Waals surface area (Å²) in [5, 5.41) is 37.8. The first-order chi connectivity index (χ1) is 34.7. The van der Waals surface area contributed by atoms with E-state index in [0.29, 0.717) is 28.2 Å². The fraction of sp³-hybridized carbons (Fsp3) is 0. The van der Waals surface area contributed by atoms with E-state index in [4.69, 9.17) is 0 Å². The maximum Gasteiger partial charge on any atom is 0.104 e. The number of nitrogens with zero attached hydrogens (tertiary/aromatic N) is 5. The highest BCUT2D eigenvalue weighted by Gasteiger charge is 2.33. The van der Waals surface area contributed by atoms with Crippen LogP contribution in [0.1, 0.15) is 11.1 Å². The van der Waals surface area contributed by atoms with Gasteiger partial charge in [-0.2, -0.15) is 10.5 Å². The fourth-order valence-electron chi connectivity index (χ4n) is 11.7. The van der Waals surface area contributed by atoms with Crippen LogP contribution in [0.15, 0.2) is 212 Å². The van der Waals surface area contributed by atoms with Crippen molar-refractivity contribution >= 4 is 118 Å². The Balaban J connectivity index is 1.25. The lowest BCUT2D eigenvalue weighted by Gasteiger charge is -2.26. The third-order valence-corrected chi connectivity index (χ3v) is 15.8. The Morgan fingerprint density at radius 1 is 0.300 bits per heavy atom. The summed E-state index contributed by atoms with van der Waals surface area (Å²) in [7, 11) is 0. The van der Waals surface area contributed by atoms with Crippen molar-refractivity contribution in [2.75, 3.05) is 0 Å². The van der Waals surface area contributed by atoms with Gasteiger partial charge in [0.2, 0.25) is 0 Å². The SMILES string of the molecule is N#Cc1c(-n2c3cc4ccccc4cc3c3cc4ccccc4cc32)c(C#N)c(-n2c3ccccc3c3ccccc32)c(-c2ccc3sc4ccccc4c3c2)c1-n1c2ccccc2c2ccccc21. The van der Waals surface area contributed by atoms with E-state index in [1.807, 2.05) is 0 Å². The average Bonchev–Trinajstić information content (AvgIpc) is 4.14.